The molecule has 1 aromatic heterocycles. The Balaban J connectivity index is 1.65. The van der Waals surface area contributed by atoms with Gasteiger partial charge in [0, 0.05) is 49.8 Å². The molecule has 0 spiro atoms. The monoisotopic (exact) mass is 453 g/mol. The van der Waals surface area contributed by atoms with E-state index in [4.69, 9.17) is 4.74 Å². The number of ketones is 1. The number of amides is 1. The van der Waals surface area contributed by atoms with Gasteiger partial charge in [0.1, 0.15) is 11.6 Å². The van der Waals surface area contributed by atoms with Crippen molar-refractivity contribution in [3.8, 4) is 0 Å². The second-order valence-corrected chi connectivity index (χ2v) is 10.4. The van der Waals surface area contributed by atoms with Crippen LogP contribution in [0.5, 0.6) is 0 Å². The van der Waals surface area contributed by atoms with Crippen molar-refractivity contribution in [1.29, 1.82) is 0 Å². The minimum atomic E-state index is -0.701. The van der Waals surface area contributed by atoms with Crippen LogP contribution in [0.1, 0.15) is 51.9 Å². The lowest BCUT2D eigenvalue weighted by atomic mass is 9.82. The Morgan fingerprint density at radius 1 is 0.909 bits per heavy atom. The number of nitrogens with zero attached hydrogens (tertiary/aromatic N) is 4. The average Bonchev–Trinajstić information content (AvgIpc) is 2.76. The van der Waals surface area contributed by atoms with Crippen molar-refractivity contribution >= 4 is 23.5 Å². The van der Waals surface area contributed by atoms with Gasteiger partial charge in [0.25, 0.3) is 0 Å². The zero-order valence-corrected chi connectivity index (χ0v) is 20.5. The van der Waals surface area contributed by atoms with Gasteiger partial charge in [-0.15, -0.1) is 0 Å². The fourth-order valence-electron chi connectivity index (χ4n) is 3.72. The van der Waals surface area contributed by atoms with Crippen molar-refractivity contribution in [1.82, 2.24) is 15.3 Å². The number of alkyl carbamates (subject to hydrolysis) is 1. The van der Waals surface area contributed by atoms with E-state index in [2.05, 4.69) is 25.1 Å². The molecule has 1 fully saturated rings. The molecule has 1 aliphatic rings. The minimum Gasteiger partial charge on any atom is -0.444 e. The number of anilines is 2. The van der Waals surface area contributed by atoms with Crippen molar-refractivity contribution < 1.29 is 14.3 Å². The van der Waals surface area contributed by atoms with E-state index in [0.717, 1.165) is 37.8 Å². The van der Waals surface area contributed by atoms with E-state index in [1.807, 2.05) is 51.1 Å². The Bertz CT molecular complexity index is 941. The zero-order valence-electron chi connectivity index (χ0n) is 20.5. The molecule has 0 saturated carbocycles. The lowest BCUT2D eigenvalue weighted by Gasteiger charge is -2.36. The second kappa shape index (κ2) is 9.77. The number of rotatable bonds is 5. The van der Waals surface area contributed by atoms with E-state index in [0.29, 0.717) is 5.56 Å². The number of aromatic nitrogens is 2. The number of Topliss-reactive ketones (excluding diaryl/α,β-unsaturated/α-hetero) is 1. The Morgan fingerprint density at radius 3 is 1.97 bits per heavy atom. The third kappa shape index (κ3) is 6.66. The highest BCUT2D eigenvalue weighted by Crippen LogP contribution is 2.25. The van der Waals surface area contributed by atoms with Crippen LogP contribution >= 0.6 is 0 Å². The molecule has 8 nitrogen and oxygen atoms in total. The predicted octanol–water partition coefficient (Wildman–Crippen LogP) is 3.93. The number of hydrogen-bond donors (Lipinski definition) is 1. The molecule has 33 heavy (non-hydrogen) atoms. The third-order valence-corrected chi connectivity index (χ3v) is 5.42. The second-order valence-electron chi connectivity index (χ2n) is 10.4. The summed E-state index contributed by atoms with van der Waals surface area (Å²) in [7, 11) is 0. The van der Waals surface area contributed by atoms with Gasteiger partial charge in [0.2, 0.25) is 5.95 Å². The summed E-state index contributed by atoms with van der Waals surface area (Å²) in [6.45, 7) is 14.5. The van der Waals surface area contributed by atoms with E-state index in [1.165, 1.54) is 0 Å². The topological polar surface area (TPSA) is 87.7 Å². The third-order valence-electron chi connectivity index (χ3n) is 5.42. The van der Waals surface area contributed by atoms with Crippen LogP contribution in [0.2, 0.25) is 0 Å². The Hall–Kier alpha value is -3.16. The van der Waals surface area contributed by atoms with Crippen LogP contribution in [-0.4, -0.2) is 59.7 Å². The van der Waals surface area contributed by atoms with E-state index >= 15 is 0 Å². The summed E-state index contributed by atoms with van der Waals surface area (Å²) in [5.41, 5.74) is 0.523. The molecule has 0 aliphatic carbocycles. The smallest absolute Gasteiger partial charge is 0.408 e. The molecule has 3 rings (SSSR count). The Morgan fingerprint density at radius 2 is 1.45 bits per heavy atom. The molecule has 1 unspecified atom stereocenters. The maximum Gasteiger partial charge on any atom is 0.408 e. The normalized spacial score (nSPS) is 15.7. The van der Waals surface area contributed by atoms with Crippen LogP contribution in [0, 0.1) is 5.41 Å². The van der Waals surface area contributed by atoms with Crippen LogP contribution in [0.4, 0.5) is 16.4 Å². The molecule has 0 radical (unpaired) electrons. The molecule has 1 N–H and O–H groups in total. The summed E-state index contributed by atoms with van der Waals surface area (Å²) >= 11 is 0. The van der Waals surface area contributed by atoms with Gasteiger partial charge in [-0.1, -0.05) is 20.8 Å². The number of carbonyl (C=O) groups excluding carboxylic acids is 2. The Labute approximate surface area is 196 Å². The summed E-state index contributed by atoms with van der Waals surface area (Å²) in [5.74, 6) is 0.620. The summed E-state index contributed by atoms with van der Waals surface area (Å²) in [5, 5.41) is 2.77. The van der Waals surface area contributed by atoms with Gasteiger partial charge in [-0.3, -0.25) is 4.79 Å². The summed E-state index contributed by atoms with van der Waals surface area (Å²) in [6.07, 6.45) is 2.92. The summed E-state index contributed by atoms with van der Waals surface area (Å²) in [4.78, 5) is 38.7. The van der Waals surface area contributed by atoms with Crippen molar-refractivity contribution in [2.24, 2.45) is 5.41 Å². The van der Waals surface area contributed by atoms with Gasteiger partial charge in [-0.05, 0) is 56.5 Å². The molecule has 178 valence electrons. The average molecular weight is 454 g/mol. The van der Waals surface area contributed by atoms with Crippen LogP contribution in [0.3, 0.4) is 0 Å². The molecule has 1 atom stereocenters. The lowest BCUT2D eigenvalue weighted by Crippen LogP contribution is -2.50. The number of piperazine rings is 1. The molecule has 1 aromatic carbocycles. The number of benzene rings is 1. The lowest BCUT2D eigenvalue weighted by molar-refractivity contribution is 0.0446. The molecule has 1 saturated heterocycles. The first-order valence-electron chi connectivity index (χ1n) is 11.3. The molecule has 2 aromatic rings. The molecule has 1 amide bonds. The van der Waals surface area contributed by atoms with Gasteiger partial charge in [0.15, 0.2) is 5.78 Å². The maximum absolute atomic E-state index is 13.3. The van der Waals surface area contributed by atoms with Crippen LogP contribution in [0.25, 0.3) is 0 Å². The molecule has 1 aliphatic heterocycles. The highest BCUT2D eigenvalue weighted by atomic mass is 16.6. The number of carbonyl (C=O) groups is 2. The predicted molar refractivity (Wildman–Crippen MR) is 130 cm³/mol. The van der Waals surface area contributed by atoms with Crippen LogP contribution in [-0.2, 0) is 4.74 Å². The fourth-order valence-corrected chi connectivity index (χ4v) is 3.72. The highest BCUT2D eigenvalue weighted by molar-refractivity contribution is 6.02. The van der Waals surface area contributed by atoms with Gasteiger partial charge >= 0.3 is 6.09 Å². The summed E-state index contributed by atoms with van der Waals surface area (Å²) < 4.78 is 5.37. The largest absolute Gasteiger partial charge is 0.444 e. The number of hydrogen-bond acceptors (Lipinski definition) is 7. The van der Waals surface area contributed by atoms with E-state index in [1.54, 1.807) is 33.2 Å². The van der Waals surface area contributed by atoms with Crippen molar-refractivity contribution in [3.05, 3.63) is 48.3 Å². The number of ether oxygens (including phenoxy) is 1. The SMILES string of the molecule is CC(C)(C)OC(=O)NC(C(=O)c1ccc(N2CCN(c3ncccn3)CC2)cc1)C(C)(C)C. The van der Waals surface area contributed by atoms with E-state index < -0.39 is 23.2 Å². The zero-order chi connectivity index (χ0) is 24.2. The van der Waals surface area contributed by atoms with E-state index in [9.17, 15) is 9.59 Å². The highest BCUT2D eigenvalue weighted by Gasteiger charge is 2.34. The van der Waals surface area contributed by atoms with Gasteiger partial charge in [-0.25, -0.2) is 14.8 Å². The first kappa shape index (κ1) is 24.5. The fraction of sp³-hybridized carbons (Fsp3) is 0.520. The van der Waals surface area contributed by atoms with E-state index in [-0.39, 0.29) is 5.78 Å². The van der Waals surface area contributed by atoms with Crippen molar-refractivity contribution in [3.63, 3.8) is 0 Å². The van der Waals surface area contributed by atoms with Crippen molar-refractivity contribution in [2.45, 2.75) is 53.2 Å². The van der Waals surface area contributed by atoms with Crippen LogP contribution in [0.15, 0.2) is 42.7 Å². The van der Waals surface area contributed by atoms with Crippen molar-refractivity contribution in [2.75, 3.05) is 36.0 Å². The standard InChI is InChI=1S/C25H35N5O3/c1-24(2,3)21(28-23(32)33-25(4,5)6)20(31)18-8-10-19(11-9-18)29-14-16-30(17-15-29)22-26-12-7-13-27-22/h7-13,21H,14-17H2,1-6H3,(H,28,32). The molecule has 0 bridgehead atoms. The van der Waals surface area contributed by atoms with Crippen LogP contribution < -0.4 is 15.1 Å². The summed E-state index contributed by atoms with van der Waals surface area (Å²) in [6, 6.07) is 8.72. The molecular formula is C25H35N5O3. The molecule has 8 heteroatoms. The molecular weight excluding hydrogens is 418 g/mol. The van der Waals surface area contributed by atoms with Gasteiger partial charge < -0.3 is 19.9 Å². The van der Waals surface area contributed by atoms with Gasteiger partial charge in [0.05, 0.1) is 0 Å². The molecule has 2 heterocycles. The maximum atomic E-state index is 13.3. The first-order chi connectivity index (χ1) is 15.4. The minimum absolute atomic E-state index is 0.133. The number of nitrogens with one attached hydrogen (secondary N) is 1. The quantitative estimate of drug-likeness (QED) is 0.687. The Kier molecular flexibility index (Phi) is 7.25. The van der Waals surface area contributed by atoms with Gasteiger partial charge in [-0.2, -0.15) is 0 Å². The first-order valence-corrected chi connectivity index (χ1v) is 11.3.